The minimum Gasteiger partial charge on any atom is -0.460 e. The molecule has 1 spiro atoms. The zero-order valence-electron chi connectivity index (χ0n) is 24.0. The number of aromatic nitrogens is 1. The van der Waals surface area contributed by atoms with Crippen LogP contribution in [0.2, 0.25) is 0 Å². The fraction of sp³-hybridized carbons (Fsp3) is 0.613. The van der Waals surface area contributed by atoms with E-state index in [1.165, 1.54) is 5.56 Å². The van der Waals surface area contributed by atoms with Gasteiger partial charge in [0.05, 0.1) is 31.8 Å². The van der Waals surface area contributed by atoms with Gasteiger partial charge in [0.15, 0.2) is 0 Å². The number of esters is 1. The Morgan fingerprint density at radius 1 is 1.13 bits per heavy atom. The van der Waals surface area contributed by atoms with Crippen LogP contribution in [-0.4, -0.2) is 73.1 Å². The monoisotopic (exact) mass is 541 g/mol. The van der Waals surface area contributed by atoms with Gasteiger partial charge in [0.1, 0.15) is 17.2 Å². The van der Waals surface area contributed by atoms with E-state index in [9.17, 15) is 4.79 Å². The summed E-state index contributed by atoms with van der Waals surface area (Å²) in [6.45, 7) is 13.0. The van der Waals surface area contributed by atoms with Crippen LogP contribution in [0.3, 0.4) is 0 Å². The molecule has 0 unspecified atom stereocenters. The number of piperidine rings is 1. The first-order valence-corrected chi connectivity index (χ1v) is 14.3. The van der Waals surface area contributed by atoms with Crippen molar-refractivity contribution in [3.8, 4) is 0 Å². The van der Waals surface area contributed by atoms with Crippen LogP contribution in [0, 0.1) is 5.82 Å². The molecule has 3 heterocycles. The van der Waals surface area contributed by atoms with Gasteiger partial charge in [-0.1, -0.05) is 25.1 Å². The molecular weight excluding hydrogens is 497 g/mol. The molecule has 0 N–H and O–H groups in total. The second-order valence-electron chi connectivity index (χ2n) is 11.7. The number of hydrogen-bond acceptors (Lipinski definition) is 7. The predicted molar refractivity (Wildman–Crippen MR) is 150 cm³/mol. The number of anilines is 1. The second-order valence-corrected chi connectivity index (χ2v) is 11.7. The number of carbonyl (C=O) groups excluding carboxylic acids is 1. The Bertz CT molecular complexity index is 1100. The number of nitrogens with zero attached hydrogens (tertiary/aromatic N) is 3. The van der Waals surface area contributed by atoms with Gasteiger partial charge in [-0.25, -0.2) is 9.37 Å². The summed E-state index contributed by atoms with van der Waals surface area (Å²) in [4.78, 5) is 21.1. The lowest BCUT2D eigenvalue weighted by molar-refractivity contribution is -0.156. The second kappa shape index (κ2) is 13.2. The molecule has 1 aromatic carbocycles. The molecule has 2 aromatic rings. The Labute approximate surface area is 232 Å². The van der Waals surface area contributed by atoms with E-state index in [0.717, 1.165) is 51.3 Å². The zero-order valence-corrected chi connectivity index (χ0v) is 24.0. The standard InChI is InChI=1S/C31H44FN3O4/c1-5-24-9-14-33-27(21-24)35-17-20-38-31(23-35)12-15-34(16-13-31)22-26-8-6-7-25(29(26)32)10-18-37-19-11-28(36)39-30(2,3)4/h6-9,14,21H,5,10-13,15-20,22-23H2,1-4H3. The van der Waals surface area contributed by atoms with Crippen molar-refractivity contribution < 1.29 is 23.4 Å². The number of rotatable bonds is 10. The van der Waals surface area contributed by atoms with Crippen molar-refractivity contribution in [1.29, 1.82) is 0 Å². The quantitative estimate of drug-likeness (QED) is 0.312. The van der Waals surface area contributed by atoms with E-state index in [-0.39, 0.29) is 30.4 Å². The molecule has 2 aliphatic heterocycles. The minimum atomic E-state index is -0.502. The molecule has 0 saturated carbocycles. The number of pyridine rings is 1. The SMILES string of the molecule is CCc1ccnc(N2CCOC3(CCN(Cc4cccc(CCOCCC(=O)OC(C)(C)C)c4F)CC3)C2)c1. The van der Waals surface area contributed by atoms with Gasteiger partial charge in [-0.05, 0) is 69.7 Å². The summed E-state index contributed by atoms with van der Waals surface area (Å²) in [5, 5.41) is 0. The maximum atomic E-state index is 15.3. The van der Waals surface area contributed by atoms with Crippen molar-refractivity contribution in [2.24, 2.45) is 0 Å². The highest BCUT2D eigenvalue weighted by Gasteiger charge is 2.40. The minimum absolute atomic E-state index is 0.157. The first kappa shape index (κ1) is 29.4. The van der Waals surface area contributed by atoms with Gasteiger partial charge >= 0.3 is 5.97 Å². The largest absolute Gasteiger partial charge is 0.460 e. The number of halogens is 1. The zero-order chi connectivity index (χ0) is 27.9. The molecule has 0 radical (unpaired) electrons. The van der Waals surface area contributed by atoms with Gasteiger partial charge in [-0.3, -0.25) is 9.69 Å². The van der Waals surface area contributed by atoms with Crippen molar-refractivity contribution in [1.82, 2.24) is 9.88 Å². The Hall–Kier alpha value is -2.55. The van der Waals surface area contributed by atoms with Gasteiger partial charge in [0.25, 0.3) is 0 Å². The van der Waals surface area contributed by atoms with E-state index < -0.39 is 5.60 Å². The molecular formula is C31H44FN3O4. The lowest BCUT2D eigenvalue weighted by atomic mass is 9.89. The average Bonchev–Trinajstić information content (AvgIpc) is 2.91. The third-order valence-electron chi connectivity index (χ3n) is 7.50. The summed E-state index contributed by atoms with van der Waals surface area (Å²) in [6, 6.07) is 9.87. The molecule has 1 aromatic heterocycles. The van der Waals surface area contributed by atoms with Crippen molar-refractivity contribution in [3.63, 3.8) is 0 Å². The number of likely N-dealkylation sites (tertiary alicyclic amines) is 1. The molecule has 0 atom stereocenters. The van der Waals surface area contributed by atoms with Crippen LogP contribution in [0.15, 0.2) is 36.5 Å². The van der Waals surface area contributed by atoms with Crippen molar-refractivity contribution in [3.05, 3.63) is 59.0 Å². The summed E-state index contributed by atoms with van der Waals surface area (Å²) in [5.74, 6) is 0.593. The lowest BCUT2D eigenvalue weighted by Crippen LogP contribution is -2.57. The number of aryl methyl sites for hydroxylation is 1. The number of benzene rings is 1. The third-order valence-corrected chi connectivity index (χ3v) is 7.50. The van der Waals surface area contributed by atoms with Gasteiger partial charge in [0.2, 0.25) is 0 Å². The van der Waals surface area contributed by atoms with Gasteiger partial charge < -0.3 is 19.1 Å². The maximum Gasteiger partial charge on any atom is 0.308 e. The molecule has 0 amide bonds. The molecule has 0 aliphatic carbocycles. The van der Waals surface area contributed by atoms with Crippen LogP contribution in [0.5, 0.6) is 0 Å². The average molecular weight is 542 g/mol. The van der Waals surface area contributed by atoms with E-state index in [1.54, 1.807) is 0 Å². The fourth-order valence-electron chi connectivity index (χ4n) is 5.34. The van der Waals surface area contributed by atoms with Gasteiger partial charge in [-0.2, -0.15) is 0 Å². The van der Waals surface area contributed by atoms with Crippen LogP contribution in [0.1, 0.15) is 63.6 Å². The van der Waals surface area contributed by atoms with Gasteiger partial charge in [0, 0.05) is 44.5 Å². The number of carbonyl (C=O) groups is 1. The van der Waals surface area contributed by atoms with Crippen LogP contribution >= 0.6 is 0 Å². The Balaban J connectivity index is 1.24. The summed E-state index contributed by atoms with van der Waals surface area (Å²) >= 11 is 0. The van der Waals surface area contributed by atoms with Crippen molar-refractivity contribution >= 4 is 11.8 Å². The smallest absolute Gasteiger partial charge is 0.308 e. The molecule has 7 nitrogen and oxygen atoms in total. The summed E-state index contributed by atoms with van der Waals surface area (Å²) in [7, 11) is 0. The van der Waals surface area contributed by atoms with E-state index in [4.69, 9.17) is 14.2 Å². The Morgan fingerprint density at radius 2 is 1.90 bits per heavy atom. The molecule has 2 saturated heterocycles. The van der Waals surface area contributed by atoms with Gasteiger partial charge in [-0.15, -0.1) is 0 Å². The van der Waals surface area contributed by atoms with Crippen molar-refractivity contribution in [2.45, 2.75) is 77.5 Å². The summed E-state index contributed by atoms with van der Waals surface area (Å²) in [5.41, 5.74) is 1.98. The molecule has 8 heteroatoms. The van der Waals surface area contributed by atoms with E-state index in [0.29, 0.717) is 37.3 Å². The van der Waals surface area contributed by atoms with Crippen LogP contribution in [0.4, 0.5) is 10.2 Å². The predicted octanol–water partition coefficient (Wildman–Crippen LogP) is 4.95. The molecule has 4 rings (SSSR count). The molecule has 2 fully saturated rings. The topological polar surface area (TPSA) is 64.1 Å². The third kappa shape index (κ3) is 8.47. The highest BCUT2D eigenvalue weighted by molar-refractivity contribution is 5.69. The first-order valence-electron chi connectivity index (χ1n) is 14.3. The Kier molecular flexibility index (Phi) is 9.96. The number of hydrogen-bond donors (Lipinski definition) is 0. The number of ether oxygens (including phenoxy) is 3. The van der Waals surface area contributed by atoms with Crippen molar-refractivity contribution in [2.75, 3.05) is 50.9 Å². The first-order chi connectivity index (χ1) is 18.7. The highest BCUT2D eigenvalue weighted by Crippen LogP contribution is 2.32. The normalized spacial score (nSPS) is 17.9. The van der Waals surface area contributed by atoms with E-state index in [1.807, 2.05) is 45.2 Å². The number of morpholine rings is 1. The molecule has 39 heavy (non-hydrogen) atoms. The summed E-state index contributed by atoms with van der Waals surface area (Å²) < 4.78 is 32.5. The Morgan fingerprint density at radius 3 is 2.64 bits per heavy atom. The van der Waals surface area contributed by atoms with Crippen LogP contribution < -0.4 is 4.90 Å². The lowest BCUT2D eigenvalue weighted by Gasteiger charge is -2.47. The molecule has 0 bridgehead atoms. The fourth-order valence-corrected chi connectivity index (χ4v) is 5.34. The summed E-state index contributed by atoms with van der Waals surface area (Å²) in [6.07, 6.45) is 5.40. The highest BCUT2D eigenvalue weighted by atomic mass is 19.1. The van der Waals surface area contributed by atoms with Crippen LogP contribution in [0.25, 0.3) is 0 Å². The molecule has 214 valence electrons. The van der Waals surface area contributed by atoms with Crippen LogP contribution in [-0.2, 0) is 38.4 Å². The van der Waals surface area contributed by atoms with E-state index in [2.05, 4.69) is 33.8 Å². The molecule has 2 aliphatic rings. The van der Waals surface area contributed by atoms with E-state index >= 15 is 4.39 Å². The maximum absolute atomic E-state index is 15.3.